The minimum Gasteiger partial charge on any atom is -0.339 e. The van der Waals surface area contributed by atoms with Gasteiger partial charge in [-0.2, -0.15) is 4.98 Å². The van der Waals surface area contributed by atoms with Crippen molar-refractivity contribution in [2.75, 3.05) is 6.54 Å². The molecule has 3 rings (SSSR count). The molecule has 1 saturated carbocycles. The first-order valence-electron chi connectivity index (χ1n) is 7.71. The fourth-order valence-corrected chi connectivity index (χ4v) is 3.17. The van der Waals surface area contributed by atoms with Crippen LogP contribution in [0, 0.1) is 5.41 Å². The molecule has 0 unspecified atom stereocenters. The normalized spacial score (nSPS) is 17.8. The van der Waals surface area contributed by atoms with Gasteiger partial charge in [-0.1, -0.05) is 30.5 Å². The largest absolute Gasteiger partial charge is 0.339 e. The fraction of sp³-hybridized carbons (Fsp3) is 0.562. The average Bonchev–Trinajstić information content (AvgIpc) is 2.96. The Hall–Kier alpha value is -1.75. The van der Waals surface area contributed by atoms with Gasteiger partial charge in [-0.05, 0) is 36.9 Å². The van der Waals surface area contributed by atoms with E-state index >= 15 is 0 Å². The van der Waals surface area contributed by atoms with E-state index in [0.29, 0.717) is 24.7 Å². The van der Waals surface area contributed by atoms with Crippen molar-refractivity contribution in [2.24, 2.45) is 11.1 Å². The topological polar surface area (TPSA) is 77.8 Å². The van der Waals surface area contributed by atoms with Crippen LogP contribution in [0.2, 0.25) is 0 Å². The van der Waals surface area contributed by atoms with Crippen LogP contribution in [0.5, 0.6) is 0 Å². The maximum absolute atomic E-state index is 6.02. The van der Waals surface area contributed by atoms with Gasteiger partial charge in [-0.3, -0.25) is 4.98 Å². The van der Waals surface area contributed by atoms with Crippen LogP contribution < -0.4 is 5.73 Å². The van der Waals surface area contributed by atoms with Crippen LogP contribution in [0.25, 0.3) is 0 Å². The summed E-state index contributed by atoms with van der Waals surface area (Å²) in [5.41, 5.74) is 7.13. The first kappa shape index (κ1) is 14.2. The number of hydrogen-bond donors (Lipinski definition) is 1. The highest BCUT2D eigenvalue weighted by atomic mass is 16.5. The smallest absolute Gasteiger partial charge is 0.227 e. The Labute approximate surface area is 125 Å². The monoisotopic (exact) mass is 286 g/mol. The highest BCUT2D eigenvalue weighted by molar-refractivity contribution is 5.09. The quantitative estimate of drug-likeness (QED) is 0.913. The second-order valence-electron chi connectivity index (χ2n) is 6.04. The number of nitrogens with two attached hydrogens (primary N) is 1. The van der Waals surface area contributed by atoms with Crippen LogP contribution in [-0.2, 0) is 12.8 Å². The second-order valence-corrected chi connectivity index (χ2v) is 6.04. The Balaban J connectivity index is 1.67. The molecule has 5 nitrogen and oxygen atoms in total. The molecule has 0 spiro atoms. The Morgan fingerprint density at radius 3 is 2.76 bits per heavy atom. The van der Waals surface area contributed by atoms with Crippen molar-refractivity contribution in [1.29, 1.82) is 0 Å². The summed E-state index contributed by atoms with van der Waals surface area (Å²) in [6, 6.07) is 5.84. The molecule has 2 N–H and O–H groups in total. The number of nitrogens with zero attached hydrogens (tertiary/aromatic N) is 3. The summed E-state index contributed by atoms with van der Waals surface area (Å²) in [6.07, 6.45) is 9.36. The van der Waals surface area contributed by atoms with Crippen molar-refractivity contribution >= 4 is 0 Å². The number of rotatable bonds is 5. The minimum atomic E-state index is 0.160. The van der Waals surface area contributed by atoms with Gasteiger partial charge in [0.2, 0.25) is 5.89 Å². The average molecular weight is 286 g/mol. The second kappa shape index (κ2) is 6.35. The van der Waals surface area contributed by atoms with Crippen LogP contribution in [0.15, 0.2) is 28.9 Å². The zero-order valence-electron chi connectivity index (χ0n) is 12.3. The summed E-state index contributed by atoms with van der Waals surface area (Å²) in [6.45, 7) is 0.699. The zero-order valence-corrected chi connectivity index (χ0v) is 12.3. The molecule has 0 saturated heterocycles. The predicted molar refractivity (Wildman–Crippen MR) is 79.6 cm³/mol. The van der Waals surface area contributed by atoms with E-state index in [0.717, 1.165) is 12.1 Å². The standard InChI is InChI=1S/C16H22N4O/c17-12-16(7-3-1-4-8-16)11-15-19-14(20-21-15)10-13-6-2-5-9-18-13/h2,5-6,9H,1,3-4,7-8,10-12,17H2. The lowest BCUT2D eigenvalue weighted by Gasteiger charge is -2.34. The first-order valence-corrected chi connectivity index (χ1v) is 7.71. The SMILES string of the molecule is NCC1(Cc2nc(Cc3ccccn3)no2)CCCCC1. The van der Waals surface area contributed by atoms with Crippen molar-refractivity contribution in [3.63, 3.8) is 0 Å². The first-order chi connectivity index (χ1) is 10.3. The number of aromatic nitrogens is 3. The van der Waals surface area contributed by atoms with E-state index in [4.69, 9.17) is 10.3 Å². The lowest BCUT2D eigenvalue weighted by Crippen LogP contribution is -2.35. The van der Waals surface area contributed by atoms with Gasteiger partial charge in [0.15, 0.2) is 5.82 Å². The van der Waals surface area contributed by atoms with Gasteiger partial charge < -0.3 is 10.3 Å². The van der Waals surface area contributed by atoms with E-state index in [2.05, 4.69) is 15.1 Å². The van der Waals surface area contributed by atoms with E-state index in [-0.39, 0.29) is 5.41 Å². The molecule has 2 aromatic rings. The Kier molecular flexibility index (Phi) is 4.29. The van der Waals surface area contributed by atoms with Gasteiger partial charge in [0.05, 0.1) is 6.42 Å². The number of pyridine rings is 1. The van der Waals surface area contributed by atoms with Crippen LogP contribution in [0.3, 0.4) is 0 Å². The molecule has 0 aromatic carbocycles. The lowest BCUT2D eigenvalue weighted by molar-refractivity contribution is 0.177. The van der Waals surface area contributed by atoms with Crippen LogP contribution >= 0.6 is 0 Å². The minimum absolute atomic E-state index is 0.160. The summed E-state index contributed by atoms with van der Waals surface area (Å²) in [5, 5.41) is 4.08. The van der Waals surface area contributed by atoms with Crippen molar-refractivity contribution in [1.82, 2.24) is 15.1 Å². The van der Waals surface area contributed by atoms with Crippen molar-refractivity contribution in [3.05, 3.63) is 41.8 Å². The van der Waals surface area contributed by atoms with E-state index in [1.807, 2.05) is 18.2 Å². The molecule has 5 heteroatoms. The number of hydrogen-bond acceptors (Lipinski definition) is 5. The maximum atomic E-state index is 6.02. The van der Waals surface area contributed by atoms with Gasteiger partial charge in [0.25, 0.3) is 0 Å². The summed E-state index contributed by atoms with van der Waals surface area (Å²) >= 11 is 0. The third-order valence-electron chi connectivity index (χ3n) is 4.45. The molecule has 0 aliphatic heterocycles. The van der Waals surface area contributed by atoms with Crippen LogP contribution in [-0.4, -0.2) is 21.7 Å². The molecule has 0 amide bonds. The Morgan fingerprint density at radius 1 is 1.19 bits per heavy atom. The van der Waals surface area contributed by atoms with E-state index < -0.39 is 0 Å². The molecular formula is C16H22N4O. The third kappa shape index (κ3) is 3.47. The zero-order chi connectivity index (χ0) is 14.5. The third-order valence-corrected chi connectivity index (χ3v) is 4.45. The molecule has 2 aromatic heterocycles. The Morgan fingerprint density at radius 2 is 2.05 bits per heavy atom. The summed E-state index contributed by atoms with van der Waals surface area (Å²) in [4.78, 5) is 8.81. The molecule has 1 aliphatic rings. The summed E-state index contributed by atoms with van der Waals surface area (Å²) in [5.74, 6) is 1.42. The molecule has 21 heavy (non-hydrogen) atoms. The maximum Gasteiger partial charge on any atom is 0.227 e. The van der Waals surface area contributed by atoms with E-state index in [1.165, 1.54) is 32.1 Å². The summed E-state index contributed by atoms with van der Waals surface area (Å²) in [7, 11) is 0. The summed E-state index contributed by atoms with van der Waals surface area (Å²) < 4.78 is 5.42. The highest BCUT2D eigenvalue weighted by Crippen LogP contribution is 2.37. The van der Waals surface area contributed by atoms with E-state index in [1.54, 1.807) is 6.20 Å². The molecule has 1 fully saturated rings. The van der Waals surface area contributed by atoms with Gasteiger partial charge in [0, 0.05) is 18.3 Å². The van der Waals surface area contributed by atoms with Gasteiger partial charge in [0.1, 0.15) is 0 Å². The van der Waals surface area contributed by atoms with Gasteiger partial charge >= 0.3 is 0 Å². The lowest BCUT2D eigenvalue weighted by atomic mass is 9.72. The molecule has 0 radical (unpaired) electrons. The van der Waals surface area contributed by atoms with Crippen molar-refractivity contribution in [3.8, 4) is 0 Å². The van der Waals surface area contributed by atoms with E-state index in [9.17, 15) is 0 Å². The molecule has 2 heterocycles. The van der Waals surface area contributed by atoms with Crippen molar-refractivity contribution in [2.45, 2.75) is 44.9 Å². The van der Waals surface area contributed by atoms with Crippen LogP contribution in [0.1, 0.15) is 49.5 Å². The van der Waals surface area contributed by atoms with Crippen LogP contribution in [0.4, 0.5) is 0 Å². The highest BCUT2D eigenvalue weighted by Gasteiger charge is 2.32. The van der Waals surface area contributed by atoms with Crippen molar-refractivity contribution < 1.29 is 4.52 Å². The predicted octanol–water partition coefficient (Wildman–Crippen LogP) is 2.51. The molecule has 0 bridgehead atoms. The molecular weight excluding hydrogens is 264 g/mol. The fourth-order valence-electron chi connectivity index (χ4n) is 3.17. The Bertz CT molecular complexity index is 561. The van der Waals surface area contributed by atoms with Gasteiger partial charge in [-0.25, -0.2) is 0 Å². The molecule has 0 atom stereocenters. The molecule has 112 valence electrons. The molecule has 1 aliphatic carbocycles. The van der Waals surface area contributed by atoms with Gasteiger partial charge in [-0.15, -0.1) is 0 Å².